The van der Waals surface area contributed by atoms with E-state index in [0.717, 1.165) is 26.2 Å². The van der Waals surface area contributed by atoms with Crippen molar-refractivity contribution < 1.29 is 0 Å². The van der Waals surface area contributed by atoms with E-state index < -0.39 is 0 Å². The van der Waals surface area contributed by atoms with Crippen LogP contribution in [-0.2, 0) is 0 Å². The van der Waals surface area contributed by atoms with Crippen molar-refractivity contribution in [3.8, 4) is 0 Å². The Kier molecular flexibility index (Phi) is 2.94. The third-order valence-electron chi connectivity index (χ3n) is 2.62. The fourth-order valence-corrected chi connectivity index (χ4v) is 1.86. The second kappa shape index (κ2) is 4.20. The summed E-state index contributed by atoms with van der Waals surface area (Å²) in [6.45, 7) is 4.40. The van der Waals surface area contributed by atoms with Gasteiger partial charge in [-0.3, -0.25) is 0 Å². The molecule has 1 heterocycles. The highest BCUT2D eigenvalue weighted by molar-refractivity contribution is 6.30. The lowest BCUT2D eigenvalue weighted by Gasteiger charge is -2.34. The molecule has 1 saturated heterocycles. The van der Waals surface area contributed by atoms with Gasteiger partial charge >= 0.3 is 0 Å². The minimum Gasteiger partial charge on any atom is -0.369 e. The van der Waals surface area contributed by atoms with Crippen LogP contribution < -0.4 is 4.90 Å². The van der Waals surface area contributed by atoms with Crippen LogP contribution in [0.4, 0.5) is 5.69 Å². The van der Waals surface area contributed by atoms with Gasteiger partial charge in [-0.15, -0.1) is 0 Å². The van der Waals surface area contributed by atoms with Gasteiger partial charge in [0.1, 0.15) is 0 Å². The van der Waals surface area contributed by atoms with Crippen molar-refractivity contribution in [1.82, 2.24) is 4.90 Å². The zero-order valence-corrected chi connectivity index (χ0v) is 9.09. The number of halogens is 1. The maximum Gasteiger partial charge on any atom is 0.0505 e. The summed E-state index contributed by atoms with van der Waals surface area (Å²) in [5, 5.41) is 0.696. The molecule has 0 amide bonds. The largest absolute Gasteiger partial charge is 0.369 e. The SMILES string of the molecule is CN1CCN(c2cc[c]c(Cl)c2)CC1. The number of benzene rings is 1. The van der Waals surface area contributed by atoms with Crippen LogP contribution in [0.25, 0.3) is 0 Å². The van der Waals surface area contributed by atoms with Gasteiger partial charge in [-0.05, 0) is 19.2 Å². The predicted molar refractivity (Wildman–Crippen MR) is 60.0 cm³/mol. The third kappa shape index (κ3) is 2.20. The summed E-state index contributed by atoms with van der Waals surface area (Å²) in [4.78, 5) is 4.70. The monoisotopic (exact) mass is 209 g/mol. The first-order valence-electron chi connectivity index (χ1n) is 4.86. The quantitative estimate of drug-likeness (QED) is 0.697. The standard InChI is InChI=1S/C11H14ClN2/c1-13-5-7-14(8-6-13)11-4-2-3-10(12)9-11/h2,4,9H,5-8H2,1H3. The molecule has 14 heavy (non-hydrogen) atoms. The van der Waals surface area contributed by atoms with Crippen LogP contribution in [0.15, 0.2) is 18.2 Å². The number of likely N-dealkylation sites (N-methyl/N-ethyl adjacent to an activating group) is 1. The minimum absolute atomic E-state index is 0.696. The molecule has 0 atom stereocenters. The molecule has 0 aromatic heterocycles. The summed E-state index contributed by atoms with van der Waals surface area (Å²) in [6, 6.07) is 8.88. The third-order valence-corrected chi connectivity index (χ3v) is 2.84. The van der Waals surface area contributed by atoms with Crippen LogP contribution >= 0.6 is 11.6 Å². The Morgan fingerprint density at radius 1 is 1.29 bits per heavy atom. The number of piperazine rings is 1. The van der Waals surface area contributed by atoms with E-state index in [0.29, 0.717) is 5.02 Å². The van der Waals surface area contributed by atoms with Crippen LogP contribution in [0.5, 0.6) is 0 Å². The van der Waals surface area contributed by atoms with Gasteiger partial charge in [0.15, 0.2) is 0 Å². The minimum atomic E-state index is 0.696. The molecule has 2 nitrogen and oxygen atoms in total. The van der Waals surface area contributed by atoms with E-state index in [-0.39, 0.29) is 0 Å². The van der Waals surface area contributed by atoms with Crippen LogP contribution in [0.3, 0.4) is 0 Å². The van der Waals surface area contributed by atoms with Crippen LogP contribution in [0.2, 0.25) is 5.02 Å². The molecule has 0 unspecified atom stereocenters. The van der Waals surface area contributed by atoms with Crippen molar-refractivity contribution in [3.63, 3.8) is 0 Å². The second-order valence-corrected chi connectivity index (χ2v) is 4.09. The summed E-state index contributed by atoms with van der Waals surface area (Å²) < 4.78 is 0. The molecule has 0 spiro atoms. The van der Waals surface area contributed by atoms with Gasteiger partial charge in [0.25, 0.3) is 0 Å². The van der Waals surface area contributed by atoms with E-state index in [2.05, 4.69) is 29.0 Å². The highest BCUT2D eigenvalue weighted by Crippen LogP contribution is 2.19. The van der Waals surface area contributed by atoms with E-state index in [4.69, 9.17) is 11.6 Å². The molecule has 0 aliphatic carbocycles. The molecule has 3 heteroatoms. The molecule has 1 fully saturated rings. The number of hydrogen-bond donors (Lipinski definition) is 0. The number of hydrogen-bond acceptors (Lipinski definition) is 2. The Morgan fingerprint density at radius 3 is 2.64 bits per heavy atom. The summed E-state index contributed by atoms with van der Waals surface area (Å²) in [5.74, 6) is 0. The van der Waals surface area contributed by atoms with E-state index in [1.54, 1.807) is 0 Å². The molecule has 2 rings (SSSR count). The maximum atomic E-state index is 5.90. The molecule has 1 aliphatic rings. The summed E-state index contributed by atoms with van der Waals surface area (Å²) in [6.07, 6.45) is 0. The van der Waals surface area contributed by atoms with Gasteiger partial charge < -0.3 is 9.80 Å². The van der Waals surface area contributed by atoms with E-state index in [1.807, 2.05) is 12.1 Å². The average molecular weight is 210 g/mol. The van der Waals surface area contributed by atoms with Gasteiger partial charge in [0.2, 0.25) is 0 Å². The van der Waals surface area contributed by atoms with Gasteiger partial charge in [-0.25, -0.2) is 0 Å². The molecule has 75 valence electrons. The normalized spacial score (nSPS) is 18.6. The lowest BCUT2D eigenvalue weighted by atomic mass is 10.2. The van der Waals surface area contributed by atoms with Crippen LogP contribution in [0.1, 0.15) is 0 Å². The van der Waals surface area contributed by atoms with Gasteiger partial charge in [0.05, 0.1) is 5.02 Å². The smallest absolute Gasteiger partial charge is 0.0505 e. The molecule has 0 N–H and O–H groups in total. The molecule has 1 aromatic rings. The summed E-state index contributed by atoms with van der Waals surface area (Å²) in [7, 11) is 2.16. The molecule has 1 aromatic carbocycles. The Balaban J connectivity index is 2.08. The average Bonchev–Trinajstić information content (AvgIpc) is 2.19. The molecule has 1 aliphatic heterocycles. The zero-order chi connectivity index (χ0) is 9.97. The van der Waals surface area contributed by atoms with Gasteiger partial charge in [-0.2, -0.15) is 0 Å². The van der Waals surface area contributed by atoms with Gasteiger partial charge in [0, 0.05) is 37.9 Å². The molecule has 0 bridgehead atoms. The summed E-state index contributed by atoms with van der Waals surface area (Å²) >= 11 is 5.90. The highest BCUT2D eigenvalue weighted by Gasteiger charge is 2.13. The molecule has 0 saturated carbocycles. The predicted octanol–water partition coefficient (Wildman–Crippen LogP) is 1.89. The second-order valence-electron chi connectivity index (χ2n) is 3.69. The maximum absolute atomic E-state index is 5.90. The zero-order valence-electron chi connectivity index (χ0n) is 8.33. The fourth-order valence-electron chi connectivity index (χ4n) is 1.69. The van der Waals surface area contributed by atoms with Crippen molar-refractivity contribution in [2.75, 3.05) is 38.1 Å². The van der Waals surface area contributed by atoms with E-state index >= 15 is 0 Å². The lowest BCUT2D eigenvalue weighted by Crippen LogP contribution is -2.44. The molecular weight excluding hydrogens is 196 g/mol. The molecular formula is C11H14ClN2. The Bertz CT molecular complexity index is 306. The number of anilines is 1. The first kappa shape index (κ1) is 9.81. The van der Waals surface area contributed by atoms with Crippen LogP contribution in [-0.4, -0.2) is 38.1 Å². The van der Waals surface area contributed by atoms with Gasteiger partial charge in [-0.1, -0.05) is 17.7 Å². The highest BCUT2D eigenvalue weighted by atomic mass is 35.5. The Hall–Kier alpha value is -0.730. The van der Waals surface area contributed by atoms with E-state index in [9.17, 15) is 0 Å². The van der Waals surface area contributed by atoms with Crippen molar-refractivity contribution in [2.45, 2.75) is 0 Å². The van der Waals surface area contributed by atoms with Crippen molar-refractivity contribution in [1.29, 1.82) is 0 Å². The molecule has 1 radical (unpaired) electrons. The fraction of sp³-hybridized carbons (Fsp3) is 0.455. The number of rotatable bonds is 1. The Morgan fingerprint density at radius 2 is 2.00 bits per heavy atom. The van der Waals surface area contributed by atoms with Crippen molar-refractivity contribution in [3.05, 3.63) is 29.3 Å². The first-order chi connectivity index (χ1) is 6.75. The summed E-state index contributed by atoms with van der Waals surface area (Å²) in [5.41, 5.74) is 1.21. The van der Waals surface area contributed by atoms with E-state index in [1.165, 1.54) is 5.69 Å². The lowest BCUT2D eigenvalue weighted by molar-refractivity contribution is 0.313. The van der Waals surface area contributed by atoms with Crippen molar-refractivity contribution in [2.24, 2.45) is 0 Å². The van der Waals surface area contributed by atoms with Crippen molar-refractivity contribution >= 4 is 17.3 Å². The topological polar surface area (TPSA) is 6.48 Å². The number of nitrogens with zero attached hydrogens (tertiary/aromatic N) is 2. The Labute approximate surface area is 90.1 Å². The van der Waals surface area contributed by atoms with Crippen LogP contribution in [0, 0.1) is 6.07 Å². The first-order valence-corrected chi connectivity index (χ1v) is 5.24.